The normalized spacial score (nSPS) is 25.5. The highest BCUT2D eigenvalue weighted by Crippen LogP contribution is 2.56. The first-order chi connectivity index (χ1) is 11.3. The number of aliphatic carboxylic acids is 1. The molecule has 2 aromatic carbocycles. The van der Waals surface area contributed by atoms with Crippen molar-refractivity contribution in [2.45, 2.75) is 33.6 Å². The van der Waals surface area contributed by atoms with E-state index in [0.717, 1.165) is 16.5 Å². The lowest BCUT2D eigenvalue weighted by atomic mass is 9.65. The number of hydrogen-bond donors (Lipinski definition) is 2. The van der Waals surface area contributed by atoms with Gasteiger partial charge in [0.15, 0.2) is 0 Å². The maximum Gasteiger partial charge on any atom is 0.307 e. The van der Waals surface area contributed by atoms with Crippen molar-refractivity contribution in [3.05, 3.63) is 42.5 Å². The van der Waals surface area contributed by atoms with Gasteiger partial charge in [-0.25, -0.2) is 0 Å². The fourth-order valence-electron chi connectivity index (χ4n) is 3.93. The van der Waals surface area contributed by atoms with Gasteiger partial charge in [-0.05, 0) is 29.7 Å². The zero-order chi connectivity index (χ0) is 17.5. The molecule has 0 spiro atoms. The van der Waals surface area contributed by atoms with Crippen LogP contribution in [0.3, 0.4) is 0 Å². The number of carboxylic acids is 1. The van der Waals surface area contributed by atoms with Crippen LogP contribution in [0.5, 0.6) is 0 Å². The van der Waals surface area contributed by atoms with E-state index in [-0.39, 0.29) is 5.91 Å². The number of rotatable bonds is 3. The number of carbonyl (C=O) groups is 2. The van der Waals surface area contributed by atoms with Crippen molar-refractivity contribution >= 4 is 28.3 Å². The minimum atomic E-state index is -0.818. The minimum Gasteiger partial charge on any atom is -0.481 e. The number of nitrogens with one attached hydrogen (secondary N) is 1. The Bertz CT molecular complexity index is 806. The first-order valence-corrected chi connectivity index (χ1v) is 8.29. The van der Waals surface area contributed by atoms with Gasteiger partial charge in [-0.15, -0.1) is 0 Å². The summed E-state index contributed by atoms with van der Waals surface area (Å²) >= 11 is 0. The molecule has 0 aliphatic heterocycles. The Morgan fingerprint density at radius 3 is 2.42 bits per heavy atom. The van der Waals surface area contributed by atoms with Gasteiger partial charge in [0.2, 0.25) is 5.91 Å². The van der Waals surface area contributed by atoms with Crippen molar-refractivity contribution in [3.63, 3.8) is 0 Å². The predicted molar refractivity (Wildman–Crippen MR) is 94.8 cm³/mol. The molecular weight excluding hydrogens is 302 g/mol. The fourth-order valence-corrected chi connectivity index (χ4v) is 3.93. The van der Waals surface area contributed by atoms with Crippen LogP contribution in [0, 0.1) is 16.7 Å². The first kappa shape index (κ1) is 16.5. The molecule has 2 aromatic rings. The molecular formula is C20H23NO3. The lowest BCUT2D eigenvalue weighted by Gasteiger charge is -2.39. The fraction of sp³-hybridized carbons (Fsp3) is 0.400. The van der Waals surface area contributed by atoms with Crippen molar-refractivity contribution in [1.29, 1.82) is 0 Å². The third kappa shape index (κ3) is 2.37. The summed E-state index contributed by atoms with van der Waals surface area (Å²) in [5, 5.41) is 14.6. The molecule has 2 N–H and O–H groups in total. The molecule has 0 saturated heterocycles. The van der Waals surface area contributed by atoms with Gasteiger partial charge in [0.25, 0.3) is 0 Å². The molecule has 0 bridgehead atoms. The molecule has 3 rings (SSSR count). The third-order valence-electron chi connectivity index (χ3n) is 6.06. The molecule has 2 unspecified atom stereocenters. The second-order valence-electron chi connectivity index (χ2n) is 7.46. The Kier molecular flexibility index (Phi) is 3.86. The van der Waals surface area contributed by atoms with E-state index in [1.807, 2.05) is 63.2 Å². The number of amides is 1. The first-order valence-electron chi connectivity index (χ1n) is 8.29. The van der Waals surface area contributed by atoms with Crippen LogP contribution in [0.1, 0.15) is 33.6 Å². The Labute approximate surface area is 141 Å². The molecule has 126 valence electrons. The Morgan fingerprint density at radius 1 is 1.08 bits per heavy atom. The monoisotopic (exact) mass is 325 g/mol. The zero-order valence-corrected chi connectivity index (χ0v) is 14.3. The summed E-state index contributed by atoms with van der Waals surface area (Å²) in [5.74, 6) is -1.42. The molecule has 2 atom stereocenters. The highest BCUT2D eigenvalue weighted by Gasteiger charge is 2.58. The summed E-state index contributed by atoms with van der Waals surface area (Å²) in [4.78, 5) is 24.6. The van der Waals surface area contributed by atoms with Crippen LogP contribution < -0.4 is 5.32 Å². The van der Waals surface area contributed by atoms with E-state index < -0.39 is 22.7 Å². The van der Waals surface area contributed by atoms with Gasteiger partial charge in [-0.1, -0.05) is 57.2 Å². The molecule has 24 heavy (non-hydrogen) atoms. The second-order valence-corrected chi connectivity index (χ2v) is 7.46. The van der Waals surface area contributed by atoms with Crippen LogP contribution in [0.15, 0.2) is 42.5 Å². The maximum atomic E-state index is 13.1. The van der Waals surface area contributed by atoms with Crippen molar-refractivity contribution < 1.29 is 14.7 Å². The molecule has 1 amide bonds. The van der Waals surface area contributed by atoms with E-state index in [4.69, 9.17) is 0 Å². The van der Waals surface area contributed by atoms with E-state index >= 15 is 0 Å². The van der Waals surface area contributed by atoms with Gasteiger partial charge < -0.3 is 10.4 Å². The standard InChI is InChI=1S/C20H23NO3/c1-19(2)15(17(22)23)11-12-20(19,3)18(24)21-16-10-6-8-13-7-4-5-9-14(13)16/h4-10,15H,11-12H2,1-3H3,(H,21,24)(H,22,23). The quantitative estimate of drug-likeness (QED) is 0.884. The van der Waals surface area contributed by atoms with Crippen molar-refractivity contribution in [2.24, 2.45) is 16.7 Å². The van der Waals surface area contributed by atoms with Crippen LogP contribution in [-0.4, -0.2) is 17.0 Å². The van der Waals surface area contributed by atoms with E-state index in [1.165, 1.54) is 0 Å². The predicted octanol–water partition coefficient (Wildman–Crippen LogP) is 4.31. The van der Waals surface area contributed by atoms with Crippen molar-refractivity contribution in [3.8, 4) is 0 Å². The van der Waals surface area contributed by atoms with Crippen LogP contribution in [0.4, 0.5) is 5.69 Å². The topological polar surface area (TPSA) is 66.4 Å². The zero-order valence-electron chi connectivity index (χ0n) is 14.3. The van der Waals surface area contributed by atoms with E-state index in [0.29, 0.717) is 12.8 Å². The molecule has 1 aliphatic rings. The third-order valence-corrected chi connectivity index (χ3v) is 6.06. The Hall–Kier alpha value is -2.36. The summed E-state index contributed by atoms with van der Waals surface area (Å²) < 4.78 is 0. The molecule has 1 aliphatic carbocycles. The Balaban J connectivity index is 1.93. The molecule has 4 heteroatoms. The molecule has 0 aromatic heterocycles. The van der Waals surface area contributed by atoms with E-state index in [2.05, 4.69) is 5.32 Å². The number of benzene rings is 2. The highest BCUT2D eigenvalue weighted by atomic mass is 16.4. The second kappa shape index (κ2) is 5.62. The largest absolute Gasteiger partial charge is 0.481 e. The van der Waals surface area contributed by atoms with E-state index in [9.17, 15) is 14.7 Å². The SMILES string of the molecule is CC1(C(=O)Nc2cccc3ccccc23)CCC(C(=O)O)C1(C)C. The summed E-state index contributed by atoms with van der Waals surface area (Å²) in [6.07, 6.45) is 1.11. The summed E-state index contributed by atoms with van der Waals surface area (Å²) in [6.45, 7) is 5.67. The van der Waals surface area contributed by atoms with Crippen LogP contribution in [0.2, 0.25) is 0 Å². The lowest BCUT2D eigenvalue weighted by Crippen LogP contribution is -2.45. The van der Waals surface area contributed by atoms with Crippen molar-refractivity contribution in [1.82, 2.24) is 0 Å². The molecule has 0 radical (unpaired) electrons. The van der Waals surface area contributed by atoms with Gasteiger partial charge in [0.1, 0.15) is 0 Å². The molecule has 1 fully saturated rings. The number of carbonyl (C=O) groups excluding carboxylic acids is 1. The number of fused-ring (bicyclic) bond motifs is 1. The average molecular weight is 325 g/mol. The highest BCUT2D eigenvalue weighted by molar-refractivity contribution is 6.04. The summed E-state index contributed by atoms with van der Waals surface area (Å²) in [7, 11) is 0. The van der Waals surface area contributed by atoms with Gasteiger partial charge in [0, 0.05) is 11.1 Å². The number of carboxylic acid groups (broad SMARTS) is 1. The van der Waals surface area contributed by atoms with Gasteiger partial charge >= 0.3 is 5.97 Å². The maximum absolute atomic E-state index is 13.1. The Morgan fingerprint density at radius 2 is 1.75 bits per heavy atom. The molecule has 1 saturated carbocycles. The van der Waals surface area contributed by atoms with Crippen molar-refractivity contribution in [2.75, 3.05) is 5.32 Å². The van der Waals surface area contributed by atoms with Gasteiger partial charge in [-0.2, -0.15) is 0 Å². The number of anilines is 1. The average Bonchev–Trinajstić information content (AvgIpc) is 2.79. The number of hydrogen-bond acceptors (Lipinski definition) is 2. The van der Waals surface area contributed by atoms with Crippen LogP contribution >= 0.6 is 0 Å². The summed E-state index contributed by atoms with van der Waals surface area (Å²) in [5.41, 5.74) is -0.547. The molecule has 0 heterocycles. The molecule has 4 nitrogen and oxygen atoms in total. The summed E-state index contributed by atoms with van der Waals surface area (Å²) in [6, 6.07) is 13.7. The van der Waals surface area contributed by atoms with Crippen LogP contribution in [-0.2, 0) is 9.59 Å². The smallest absolute Gasteiger partial charge is 0.307 e. The van der Waals surface area contributed by atoms with E-state index in [1.54, 1.807) is 0 Å². The van der Waals surface area contributed by atoms with Gasteiger partial charge in [0.05, 0.1) is 11.3 Å². The van der Waals surface area contributed by atoms with Gasteiger partial charge in [-0.3, -0.25) is 9.59 Å². The lowest BCUT2D eigenvalue weighted by molar-refractivity contribution is -0.147. The minimum absolute atomic E-state index is 0.104. The van der Waals surface area contributed by atoms with Crippen LogP contribution in [0.25, 0.3) is 10.8 Å².